The van der Waals surface area contributed by atoms with Crippen LogP contribution in [0.5, 0.6) is 5.75 Å². The zero-order chi connectivity index (χ0) is 17.6. The van der Waals surface area contributed by atoms with E-state index in [4.69, 9.17) is 9.26 Å². The average molecular weight is 339 g/mol. The zero-order valence-electron chi connectivity index (χ0n) is 13.8. The lowest BCUT2D eigenvalue weighted by Crippen LogP contribution is -2.15. The third kappa shape index (κ3) is 4.11. The molecule has 2 heterocycles. The van der Waals surface area contributed by atoms with Crippen LogP contribution in [0, 0.1) is 6.92 Å². The molecule has 0 bridgehead atoms. The highest BCUT2D eigenvalue weighted by Gasteiger charge is 2.12. The standard InChI is InChI=1S/C17H17N5O3/c1-3-24-14-7-5-4-6-12(14)19-16(23)13-8-9-18-17(20-13)21-15-10-11(2)25-22-15/h4-10H,3H2,1-2H3,(H,19,23)(H,18,20,21,22). The number of benzene rings is 1. The topological polar surface area (TPSA) is 102 Å². The lowest BCUT2D eigenvalue weighted by Gasteiger charge is -2.11. The number of nitrogens with one attached hydrogen (secondary N) is 2. The summed E-state index contributed by atoms with van der Waals surface area (Å²) >= 11 is 0. The number of aryl methyl sites for hydroxylation is 1. The van der Waals surface area contributed by atoms with Crippen LogP contribution in [-0.2, 0) is 0 Å². The van der Waals surface area contributed by atoms with Gasteiger partial charge in [0.2, 0.25) is 5.95 Å². The Morgan fingerprint density at radius 1 is 1.28 bits per heavy atom. The molecular weight excluding hydrogens is 322 g/mol. The molecule has 8 nitrogen and oxygen atoms in total. The van der Waals surface area contributed by atoms with Crippen LogP contribution >= 0.6 is 0 Å². The van der Waals surface area contributed by atoms with E-state index >= 15 is 0 Å². The molecule has 1 aromatic carbocycles. The van der Waals surface area contributed by atoms with Crippen molar-refractivity contribution in [2.75, 3.05) is 17.2 Å². The molecule has 3 rings (SSSR count). The number of hydrogen-bond acceptors (Lipinski definition) is 7. The third-order valence-electron chi connectivity index (χ3n) is 3.19. The molecule has 0 saturated heterocycles. The summed E-state index contributed by atoms with van der Waals surface area (Å²) < 4.78 is 10.5. The van der Waals surface area contributed by atoms with E-state index in [1.807, 2.05) is 19.1 Å². The summed E-state index contributed by atoms with van der Waals surface area (Å²) in [6, 6.07) is 10.4. The molecule has 0 atom stereocenters. The van der Waals surface area contributed by atoms with Gasteiger partial charge in [0.25, 0.3) is 5.91 Å². The second-order valence-electron chi connectivity index (χ2n) is 5.10. The second-order valence-corrected chi connectivity index (χ2v) is 5.10. The van der Waals surface area contributed by atoms with Gasteiger partial charge in [-0.05, 0) is 32.0 Å². The van der Waals surface area contributed by atoms with Gasteiger partial charge in [0, 0.05) is 12.3 Å². The van der Waals surface area contributed by atoms with E-state index in [1.54, 1.807) is 25.1 Å². The number of anilines is 3. The van der Waals surface area contributed by atoms with Gasteiger partial charge in [-0.25, -0.2) is 9.97 Å². The van der Waals surface area contributed by atoms with E-state index < -0.39 is 0 Å². The molecule has 2 N–H and O–H groups in total. The Kier molecular flexibility index (Phi) is 4.89. The van der Waals surface area contributed by atoms with Crippen LogP contribution in [-0.4, -0.2) is 27.6 Å². The van der Waals surface area contributed by atoms with Crippen LogP contribution in [0.15, 0.2) is 47.1 Å². The summed E-state index contributed by atoms with van der Waals surface area (Å²) in [5, 5.41) is 9.48. The minimum absolute atomic E-state index is 0.212. The number of para-hydroxylation sites is 2. The normalized spacial score (nSPS) is 10.3. The Balaban J connectivity index is 1.75. The van der Waals surface area contributed by atoms with Crippen LogP contribution in [0.1, 0.15) is 23.2 Å². The molecule has 3 aromatic rings. The van der Waals surface area contributed by atoms with Gasteiger partial charge in [0.1, 0.15) is 17.2 Å². The summed E-state index contributed by atoms with van der Waals surface area (Å²) in [6.07, 6.45) is 1.49. The number of rotatable bonds is 6. The molecule has 8 heteroatoms. The summed E-state index contributed by atoms with van der Waals surface area (Å²) in [5.74, 6) is 1.61. The molecule has 0 unspecified atom stereocenters. The first-order chi connectivity index (χ1) is 12.2. The predicted molar refractivity (Wildman–Crippen MR) is 92.1 cm³/mol. The van der Waals surface area contributed by atoms with E-state index in [9.17, 15) is 4.79 Å². The summed E-state index contributed by atoms with van der Waals surface area (Å²) in [5.41, 5.74) is 0.790. The predicted octanol–water partition coefficient (Wildman–Crippen LogP) is 3.17. The highest BCUT2D eigenvalue weighted by Crippen LogP contribution is 2.24. The van der Waals surface area contributed by atoms with E-state index in [2.05, 4.69) is 25.8 Å². The van der Waals surface area contributed by atoms with Gasteiger partial charge in [-0.1, -0.05) is 17.3 Å². The summed E-state index contributed by atoms with van der Waals surface area (Å²) in [6.45, 7) is 4.16. The number of nitrogens with zero attached hydrogens (tertiary/aromatic N) is 3. The molecule has 0 aliphatic rings. The third-order valence-corrected chi connectivity index (χ3v) is 3.19. The van der Waals surface area contributed by atoms with Crippen molar-refractivity contribution in [1.29, 1.82) is 0 Å². The van der Waals surface area contributed by atoms with E-state index in [0.717, 1.165) is 0 Å². The quantitative estimate of drug-likeness (QED) is 0.711. The summed E-state index contributed by atoms with van der Waals surface area (Å²) in [7, 11) is 0. The molecule has 25 heavy (non-hydrogen) atoms. The van der Waals surface area contributed by atoms with E-state index in [-0.39, 0.29) is 17.5 Å². The first-order valence-corrected chi connectivity index (χ1v) is 7.72. The zero-order valence-corrected chi connectivity index (χ0v) is 13.8. The number of ether oxygens (including phenoxy) is 1. The molecule has 0 radical (unpaired) electrons. The lowest BCUT2D eigenvalue weighted by molar-refractivity contribution is 0.102. The fourth-order valence-corrected chi connectivity index (χ4v) is 2.12. The Hall–Kier alpha value is -3.42. The highest BCUT2D eigenvalue weighted by molar-refractivity contribution is 6.03. The SMILES string of the molecule is CCOc1ccccc1NC(=O)c1ccnc(Nc2cc(C)on2)n1. The van der Waals surface area contributed by atoms with Crippen molar-refractivity contribution >= 4 is 23.4 Å². The average Bonchev–Trinajstić information content (AvgIpc) is 3.02. The maximum absolute atomic E-state index is 12.5. The molecule has 0 fully saturated rings. The minimum Gasteiger partial charge on any atom is -0.492 e. The van der Waals surface area contributed by atoms with Crippen molar-refractivity contribution in [3.8, 4) is 5.75 Å². The number of hydrogen-bond donors (Lipinski definition) is 2. The Labute approximate surface area is 144 Å². The molecule has 128 valence electrons. The van der Waals surface area contributed by atoms with Gasteiger partial charge in [-0.2, -0.15) is 0 Å². The maximum atomic E-state index is 12.5. The van der Waals surface area contributed by atoms with Gasteiger partial charge in [0.05, 0.1) is 12.3 Å². The molecule has 2 aromatic heterocycles. The first-order valence-electron chi connectivity index (χ1n) is 7.72. The maximum Gasteiger partial charge on any atom is 0.274 e. The Morgan fingerprint density at radius 2 is 2.12 bits per heavy atom. The van der Waals surface area contributed by atoms with Crippen molar-refractivity contribution in [1.82, 2.24) is 15.1 Å². The van der Waals surface area contributed by atoms with Crippen LogP contribution < -0.4 is 15.4 Å². The van der Waals surface area contributed by atoms with Gasteiger partial charge in [-0.3, -0.25) is 4.79 Å². The van der Waals surface area contributed by atoms with Gasteiger partial charge >= 0.3 is 0 Å². The Bertz CT molecular complexity index is 878. The number of amides is 1. The number of carbonyl (C=O) groups is 1. The lowest BCUT2D eigenvalue weighted by atomic mass is 10.2. The fraction of sp³-hybridized carbons (Fsp3) is 0.176. The van der Waals surface area contributed by atoms with E-state index in [1.165, 1.54) is 12.3 Å². The van der Waals surface area contributed by atoms with Crippen LogP contribution in [0.3, 0.4) is 0 Å². The fourth-order valence-electron chi connectivity index (χ4n) is 2.12. The van der Waals surface area contributed by atoms with Crippen molar-refractivity contribution in [2.24, 2.45) is 0 Å². The highest BCUT2D eigenvalue weighted by atomic mass is 16.5. The molecule has 0 aliphatic heterocycles. The van der Waals surface area contributed by atoms with Crippen LogP contribution in [0.2, 0.25) is 0 Å². The molecule has 1 amide bonds. The molecule has 0 spiro atoms. The first kappa shape index (κ1) is 16.4. The van der Waals surface area contributed by atoms with E-state index in [0.29, 0.717) is 29.6 Å². The van der Waals surface area contributed by atoms with Crippen LogP contribution in [0.25, 0.3) is 0 Å². The largest absolute Gasteiger partial charge is 0.492 e. The van der Waals surface area contributed by atoms with Crippen molar-refractivity contribution in [2.45, 2.75) is 13.8 Å². The molecule has 0 saturated carbocycles. The van der Waals surface area contributed by atoms with Gasteiger partial charge in [-0.15, -0.1) is 0 Å². The summed E-state index contributed by atoms with van der Waals surface area (Å²) in [4.78, 5) is 20.7. The smallest absolute Gasteiger partial charge is 0.274 e. The number of carbonyl (C=O) groups excluding carboxylic acids is 1. The molecular formula is C17H17N5O3. The van der Waals surface area contributed by atoms with Gasteiger partial charge < -0.3 is 19.9 Å². The monoisotopic (exact) mass is 339 g/mol. The molecule has 0 aliphatic carbocycles. The van der Waals surface area contributed by atoms with Crippen LogP contribution in [0.4, 0.5) is 17.5 Å². The van der Waals surface area contributed by atoms with Crippen molar-refractivity contribution in [3.05, 3.63) is 54.0 Å². The Morgan fingerprint density at radius 3 is 2.88 bits per heavy atom. The second kappa shape index (κ2) is 7.43. The van der Waals surface area contributed by atoms with Gasteiger partial charge in [0.15, 0.2) is 5.82 Å². The van der Waals surface area contributed by atoms with Crippen molar-refractivity contribution in [3.63, 3.8) is 0 Å². The number of aromatic nitrogens is 3. The van der Waals surface area contributed by atoms with Crippen molar-refractivity contribution < 1.29 is 14.1 Å². The minimum atomic E-state index is -0.367.